The summed E-state index contributed by atoms with van der Waals surface area (Å²) in [5.41, 5.74) is 2.68. The maximum Gasteiger partial charge on any atom is 0.303 e. The van der Waals surface area contributed by atoms with E-state index in [1.165, 1.54) is 94.7 Å². The summed E-state index contributed by atoms with van der Waals surface area (Å²) in [5, 5.41) is 11.9. The first-order valence-electron chi connectivity index (χ1n) is 13.6. The van der Waals surface area contributed by atoms with Crippen molar-refractivity contribution in [3.63, 3.8) is 0 Å². The number of benzene rings is 1. The minimum Gasteiger partial charge on any atom is -0.481 e. The van der Waals surface area contributed by atoms with Crippen molar-refractivity contribution in [3.8, 4) is 0 Å². The molecule has 0 aliphatic carbocycles. The molecule has 0 aromatic heterocycles. The molecule has 0 bridgehead atoms. The Labute approximate surface area is 199 Å². The van der Waals surface area contributed by atoms with E-state index in [0.717, 1.165) is 19.4 Å². The Kier molecular flexibility index (Phi) is 21.6. The van der Waals surface area contributed by atoms with Crippen molar-refractivity contribution in [2.45, 2.75) is 136 Å². The first kappa shape index (κ1) is 30.5. The second-order valence-electron chi connectivity index (χ2n) is 9.44. The summed E-state index contributed by atoms with van der Waals surface area (Å²) >= 11 is 0. The number of aliphatic carboxylic acids is 1. The van der Waals surface area contributed by atoms with Gasteiger partial charge in [-0.1, -0.05) is 123 Å². The van der Waals surface area contributed by atoms with Crippen LogP contribution in [0.3, 0.4) is 0 Å². The predicted octanol–water partition coefficient (Wildman–Crippen LogP) is 9.57. The fraction of sp³-hybridized carbons (Fsp3) is 0.759. The van der Waals surface area contributed by atoms with Crippen LogP contribution in [-0.2, 0) is 4.79 Å². The Balaban J connectivity index is 0.000000687. The number of rotatable bonds is 19. The van der Waals surface area contributed by atoms with Gasteiger partial charge < -0.3 is 10.4 Å². The number of carboxylic acids is 1. The van der Waals surface area contributed by atoms with Crippen LogP contribution in [0.4, 0.5) is 5.69 Å². The van der Waals surface area contributed by atoms with E-state index < -0.39 is 5.97 Å². The quantitative estimate of drug-likeness (QED) is 0.207. The van der Waals surface area contributed by atoms with E-state index in [4.69, 9.17) is 5.11 Å². The van der Waals surface area contributed by atoms with E-state index in [9.17, 15) is 4.79 Å². The molecular weight excluding hydrogens is 394 g/mol. The minimum absolute atomic E-state index is 0.341. The van der Waals surface area contributed by atoms with Crippen LogP contribution < -0.4 is 5.32 Å². The third kappa shape index (κ3) is 20.4. The van der Waals surface area contributed by atoms with Gasteiger partial charge in [0, 0.05) is 18.7 Å². The largest absolute Gasteiger partial charge is 0.481 e. The first-order chi connectivity index (χ1) is 15.5. The van der Waals surface area contributed by atoms with Crippen LogP contribution in [0, 0.1) is 0 Å². The molecule has 3 nitrogen and oxygen atoms in total. The molecule has 32 heavy (non-hydrogen) atoms. The number of hydrogen-bond donors (Lipinski definition) is 2. The number of hydrogen-bond acceptors (Lipinski definition) is 2. The summed E-state index contributed by atoms with van der Waals surface area (Å²) in [6.45, 7) is 10.1. The molecule has 0 radical (unpaired) electrons. The van der Waals surface area contributed by atoms with Crippen LogP contribution >= 0.6 is 0 Å². The molecular formula is C29H53NO2. The average Bonchev–Trinajstić information content (AvgIpc) is 2.78. The van der Waals surface area contributed by atoms with Crippen LogP contribution in [0.25, 0.3) is 0 Å². The molecule has 0 aliphatic rings. The first-order valence-corrected chi connectivity index (χ1v) is 13.6. The summed E-state index contributed by atoms with van der Waals surface area (Å²) in [6.07, 6.45) is 19.7. The lowest BCUT2D eigenvalue weighted by Crippen LogP contribution is -2.01. The lowest BCUT2D eigenvalue weighted by molar-refractivity contribution is -0.137. The lowest BCUT2D eigenvalue weighted by atomic mass is 10.0. The number of nitrogens with one attached hydrogen (secondary N) is 1. The highest BCUT2D eigenvalue weighted by Crippen LogP contribution is 2.17. The third-order valence-electron chi connectivity index (χ3n) is 5.93. The normalized spacial score (nSPS) is 10.7. The molecule has 1 aromatic carbocycles. The topological polar surface area (TPSA) is 49.3 Å². The van der Waals surface area contributed by atoms with Crippen LogP contribution in [0.1, 0.15) is 142 Å². The molecule has 0 aliphatic heterocycles. The summed E-state index contributed by atoms with van der Waals surface area (Å²) < 4.78 is 0. The van der Waals surface area contributed by atoms with Gasteiger partial charge in [-0.2, -0.15) is 0 Å². The number of carbonyl (C=O) groups is 1. The fourth-order valence-electron chi connectivity index (χ4n) is 3.71. The van der Waals surface area contributed by atoms with Gasteiger partial charge in [0.15, 0.2) is 0 Å². The molecule has 0 saturated heterocycles. The molecule has 186 valence electrons. The van der Waals surface area contributed by atoms with Crippen LogP contribution in [0.15, 0.2) is 24.3 Å². The van der Waals surface area contributed by atoms with Crippen molar-refractivity contribution in [1.29, 1.82) is 0 Å². The highest BCUT2D eigenvalue weighted by molar-refractivity contribution is 5.66. The van der Waals surface area contributed by atoms with Gasteiger partial charge in [0.2, 0.25) is 0 Å². The molecule has 3 heteroatoms. The van der Waals surface area contributed by atoms with Crippen molar-refractivity contribution in [3.05, 3.63) is 29.8 Å². The zero-order valence-corrected chi connectivity index (χ0v) is 21.8. The van der Waals surface area contributed by atoms with Crippen LogP contribution in [0.5, 0.6) is 0 Å². The number of carboxylic acid groups (broad SMARTS) is 1. The molecule has 2 N–H and O–H groups in total. The van der Waals surface area contributed by atoms with Gasteiger partial charge in [-0.15, -0.1) is 0 Å². The maximum absolute atomic E-state index is 10.1. The SMILES string of the molecule is CCCCCCCCCC(=O)O.CCCCCCCCCCNc1ccc(C(C)C)cc1. The van der Waals surface area contributed by atoms with Crippen molar-refractivity contribution < 1.29 is 9.90 Å². The van der Waals surface area contributed by atoms with Crippen molar-refractivity contribution >= 4 is 11.7 Å². The molecule has 1 aromatic rings. The van der Waals surface area contributed by atoms with Gasteiger partial charge in [-0.25, -0.2) is 0 Å². The summed E-state index contributed by atoms with van der Waals surface area (Å²) in [7, 11) is 0. The van der Waals surface area contributed by atoms with Gasteiger partial charge in [0.05, 0.1) is 0 Å². The van der Waals surface area contributed by atoms with Crippen molar-refractivity contribution in [2.24, 2.45) is 0 Å². The van der Waals surface area contributed by atoms with Crippen LogP contribution in [-0.4, -0.2) is 17.6 Å². The van der Waals surface area contributed by atoms with Gasteiger partial charge in [-0.05, 0) is 36.5 Å². The summed E-state index contributed by atoms with van der Waals surface area (Å²) in [4.78, 5) is 10.1. The van der Waals surface area contributed by atoms with Gasteiger partial charge in [0.25, 0.3) is 0 Å². The van der Waals surface area contributed by atoms with E-state index in [1.807, 2.05) is 0 Å². The second-order valence-corrected chi connectivity index (χ2v) is 9.44. The molecule has 0 spiro atoms. The fourth-order valence-corrected chi connectivity index (χ4v) is 3.71. The Morgan fingerprint density at radius 3 is 1.59 bits per heavy atom. The van der Waals surface area contributed by atoms with Crippen LogP contribution in [0.2, 0.25) is 0 Å². The molecule has 1 rings (SSSR count). The zero-order chi connectivity index (χ0) is 23.9. The monoisotopic (exact) mass is 447 g/mol. The van der Waals surface area contributed by atoms with E-state index in [-0.39, 0.29) is 0 Å². The van der Waals surface area contributed by atoms with Gasteiger partial charge in [0.1, 0.15) is 0 Å². The van der Waals surface area contributed by atoms with Gasteiger partial charge >= 0.3 is 5.97 Å². The lowest BCUT2D eigenvalue weighted by Gasteiger charge is -2.09. The molecule has 0 saturated carbocycles. The summed E-state index contributed by atoms with van der Waals surface area (Å²) in [5.74, 6) is -0.0414. The average molecular weight is 448 g/mol. The van der Waals surface area contributed by atoms with E-state index >= 15 is 0 Å². The van der Waals surface area contributed by atoms with E-state index in [0.29, 0.717) is 12.3 Å². The Bertz CT molecular complexity index is 524. The Morgan fingerprint density at radius 1 is 0.719 bits per heavy atom. The second kappa shape index (κ2) is 22.7. The minimum atomic E-state index is -0.663. The molecule has 0 heterocycles. The highest BCUT2D eigenvalue weighted by atomic mass is 16.4. The predicted molar refractivity (Wildman–Crippen MR) is 142 cm³/mol. The van der Waals surface area contributed by atoms with E-state index in [2.05, 4.69) is 57.3 Å². The highest BCUT2D eigenvalue weighted by Gasteiger charge is 1.99. The standard InChI is InChI=1S/C19H33N.C10H20O2/c1-4-5-6-7-8-9-10-11-16-20-19-14-12-18(13-15-19)17(2)3;1-2-3-4-5-6-7-8-9-10(11)12/h12-15,17,20H,4-11,16H2,1-3H3;2-9H2,1H3,(H,11,12). The molecule has 0 amide bonds. The Morgan fingerprint density at radius 2 is 1.16 bits per heavy atom. The molecule has 0 unspecified atom stereocenters. The van der Waals surface area contributed by atoms with Gasteiger partial charge in [-0.3, -0.25) is 4.79 Å². The van der Waals surface area contributed by atoms with Crippen molar-refractivity contribution in [1.82, 2.24) is 0 Å². The van der Waals surface area contributed by atoms with Crippen molar-refractivity contribution in [2.75, 3.05) is 11.9 Å². The molecule has 0 fully saturated rings. The Hall–Kier alpha value is -1.51. The third-order valence-corrected chi connectivity index (χ3v) is 5.93. The summed E-state index contributed by atoms with van der Waals surface area (Å²) in [6, 6.07) is 8.89. The number of anilines is 1. The number of unbranched alkanes of at least 4 members (excludes halogenated alkanes) is 13. The zero-order valence-electron chi connectivity index (χ0n) is 21.8. The van der Waals surface area contributed by atoms with E-state index in [1.54, 1.807) is 0 Å². The smallest absolute Gasteiger partial charge is 0.303 e. The maximum atomic E-state index is 10.1. The molecule has 0 atom stereocenters.